The molecule has 0 aromatic carbocycles. The lowest BCUT2D eigenvalue weighted by Gasteiger charge is -2.38. The molecule has 0 amide bonds. The van der Waals surface area contributed by atoms with Crippen LogP contribution in [-0.2, 0) is 9.53 Å². The van der Waals surface area contributed by atoms with Crippen molar-refractivity contribution >= 4 is 14.6 Å². The minimum absolute atomic E-state index is 0.00573. The van der Waals surface area contributed by atoms with Gasteiger partial charge in [-0.25, -0.2) is 0 Å². The van der Waals surface area contributed by atoms with Gasteiger partial charge < -0.3 is 4.74 Å². The molecule has 0 N–H and O–H groups in total. The molecule has 2 nitrogen and oxygen atoms in total. The maximum atomic E-state index is 12.7. The van der Waals surface area contributed by atoms with Gasteiger partial charge in [0.15, 0.2) is 0 Å². The first-order valence-corrected chi connectivity index (χ1v) is 9.00. The van der Waals surface area contributed by atoms with Crippen LogP contribution in [0.5, 0.6) is 0 Å². The average Bonchev–Trinajstić information content (AvgIpc) is 2.33. The minimum Gasteiger partial charge on any atom is -0.458 e. The zero-order chi connectivity index (χ0) is 15.3. The molecule has 2 atom stereocenters. The zero-order valence-corrected chi connectivity index (χ0v) is 15.1. The summed E-state index contributed by atoms with van der Waals surface area (Å²) >= 11 is 0. The Bertz CT molecular complexity index is 281. The number of rotatable bonds is 7. The second-order valence-electron chi connectivity index (χ2n) is 6.95. The molecule has 19 heavy (non-hydrogen) atoms. The van der Waals surface area contributed by atoms with E-state index in [2.05, 4.69) is 55.1 Å². The van der Waals surface area contributed by atoms with Gasteiger partial charge in [-0.3, -0.25) is 4.79 Å². The van der Waals surface area contributed by atoms with E-state index >= 15 is 0 Å². The smallest absolute Gasteiger partial charge is 0.316 e. The molecule has 0 aromatic rings. The van der Waals surface area contributed by atoms with Gasteiger partial charge in [-0.2, -0.15) is 0 Å². The van der Waals surface area contributed by atoms with Gasteiger partial charge in [0.05, 0.1) is 5.16 Å². The van der Waals surface area contributed by atoms with Crippen molar-refractivity contribution in [2.75, 3.05) is 6.66 Å². The number of carbonyl (C=O) groups is 1. The van der Waals surface area contributed by atoms with Gasteiger partial charge in [-0.05, 0) is 44.7 Å². The molecule has 2 unspecified atom stereocenters. The Balaban J connectivity index is 5.04. The van der Waals surface area contributed by atoms with Crippen LogP contribution in [0, 0.1) is 5.41 Å². The Morgan fingerprint density at radius 3 is 1.68 bits per heavy atom. The van der Waals surface area contributed by atoms with Crippen LogP contribution in [0.2, 0.25) is 0 Å². The molecule has 0 aromatic heterocycles. The number of carbonyl (C=O) groups excluding carboxylic acids is 1. The van der Waals surface area contributed by atoms with E-state index in [4.69, 9.17) is 4.74 Å². The van der Waals surface area contributed by atoms with Crippen LogP contribution in [-0.4, -0.2) is 23.4 Å². The third-order valence-electron chi connectivity index (χ3n) is 4.13. The minimum atomic E-state index is -0.344. The molecule has 0 saturated heterocycles. The first kappa shape index (κ1) is 18.9. The predicted molar refractivity (Wildman–Crippen MR) is 86.4 cm³/mol. The zero-order valence-electron chi connectivity index (χ0n) is 14.1. The van der Waals surface area contributed by atoms with Gasteiger partial charge >= 0.3 is 5.97 Å². The quantitative estimate of drug-likeness (QED) is 0.486. The first-order chi connectivity index (χ1) is 8.58. The molecule has 0 aliphatic rings. The lowest BCUT2D eigenvalue weighted by Crippen LogP contribution is -2.43. The second-order valence-corrected chi connectivity index (χ2v) is 8.56. The standard InChI is InChI=1S/C16H33O2P/c1-9-16(10-2,11-3)18-13(17)15(7,19-8)12-14(4,5)6/h19H,9-12H2,1-8H3. The predicted octanol–water partition coefficient (Wildman–Crippen LogP) is 5.00. The van der Waals surface area contributed by atoms with E-state index < -0.39 is 0 Å². The molecule has 0 spiro atoms. The molecule has 0 saturated carbocycles. The third kappa shape index (κ3) is 5.42. The summed E-state index contributed by atoms with van der Waals surface area (Å²) in [7, 11) is 0.571. The van der Waals surface area contributed by atoms with Gasteiger partial charge in [0.1, 0.15) is 5.60 Å². The van der Waals surface area contributed by atoms with Crippen molar-refractivity contribution in [2.45, 2.75) is 84.9 Å². The molecule has 3 heteroatoms. The number of hydrogen-bond acceptors (Lipinski definition) is 2. The number of hydrogen-bond donors (Lipinski definition) is 0. The lowest BCUT2D eigenvalue weighted by molar-refractivity contribution is -0.164. The SMILES string of the molecule is CCC(CC)(CC)OC(=O)C(C)(CC(C)(C)C)PC. The number of ether oxygens (including phenoxy) is 1. The maximum absolute atomic E-state index is 12.7. The van der Waals surface area contributed by atoms with Crippen LogP contribution in [0.15, 0.2) is 0 Å². The van der Waals surface area contributed by atoms with Crippen molar-refractivity contribution in [1.82, 2.24) is 0 Å². The monoisotopic (exact) mass is 288 g/mol. The largest absolute Gasteiger partial charge is 0.458 e. The Labute approximate surface area is 121 Å². The fraction of sp³-hybridized carbons (Fsp3) is 0.938. The first-order valence-electron chi connectivity index (χ1n) is 7.50. The highest BCUT2D eigenvalue weighted by Crippen LogP contribution is 2.42. The fourth-order valence-electron chi connectivity index (χ4n) is 2.60. The van der Waals surface area contributed by atoms with Crippen LogP contribution in [0.1, 0.15) is 74.1 Å². The normalized spacial score (nSPS) is 16.6. The highest BCUT2D eigenvalue weighted by Gasteiger charge is 2.40. The van der Waals surface area contributed by atoms with E-state index in [9.17, 15) is 4.79 Å². The molecule has 0 heterocycles. The summed E-state index contributed by atoms with van der Waals surface area (Å²) in [5.41, 5.74) is -0.125. The van der Waals surface area contributed by atoms with Crippen molar-refractivity contribution < 1.29 is 9.53 Å². The van der Waals surface area contributed by atoms with Crippen LogP contribution < -0.4 is 0 Å². The van der Waals surface area contributed by atoms with E-state index in [1.807, 2.05) is 0 Å². The molecule has 0 rings (SSSR count). The molecule has 0 aliphatic heterocycles. The van der Waals surface area contributed by atoms with Crippen molar-refractivity contribution in [2.24, 2.45) is 5.41 Å². The molecule has 0 fully saturated rings. The Kier molecular flexibility index (Phi) is 7.03. The van der Waals surface area contributed by atoms with Crippen LogP contribution >= 0.6 is 8.58 Å². The molecule has 114 valence electrons. The fourth-order valence-corrected chi connectivity index (χ4v) is 3.56. The second kappa shape index (κ2) is 7.07. The Hall–Kier alpha value is -0.100. The summed E-state index contributed by atoms with van der Waals surface area (Å²) < 4.78 is 5.96. The average molecular weight is 288 g/mol. The van der Waals surface area contributed by atoms with E-state index in [0.29, 0.717) is 8.58 Å². The summed E-state index contributed by atoms with van der Waals surface area (Å²) in [6.07, 6.45) is 3.56. The van der Waals surface area contributed by atoms with E-state index in [1.54, 1.807) is 0 Å². The van der Waals surface area contributed by atoms with Gasteiger partial charge in [0, 0.05) is 0 Å². The van der Waals surface area contributed by atoms with E-state index in [1.165, 1.54) is 0 Å². The highest BCUT2D eigenvalue weighted by molar-refractivity contribution is 7.40. The summed E-state index contributed by atoms with van der Waals surface area (Å²) in [5, 5.41) is -0.344. The van der Waals surface area contributed by atoms with E-state index in [0.717, 1.165) is 25.7 Å². The van der Waals surface area contributed by atoms with Crippen LogP contribution in [0.4, 0.5) is 0 Å². The van der Waals surface area contributed by atoms with Crippen molar-refractivity contribution in [3.05, 3.63) is 0 Å². The highest BCUT2D eigenvalue weighted by atomic mass is 31.1. The van der Waals surface area contributed by atoms with Gasteiger partial charge in [-0.15, -0.1) is 8.58 Å². The number of esters is 1. The van der Waals surface area contributed by atoms with Crippen LogP contribution in [0.3, 0.4) is 0 Å². The Morgan fingerprint density at radius 1 is 1.00 bits per heavy atom. The third-order valence-corrected chi connectivity index (χ3v) is 5.61. The lowest BCUT2D eigenvalue weighted by atomic mass is 9.84. The summed E-state index contributed by atoms with van der Waals surface area (Å²) in [4.78, 5) is 12.7. The Morgan fingerprint density at radius 2 is 1.42 bits per heavy atom. The molecular weight excluding hydrogens is 255 g/mol. The van der Waals surface area contributed by atoms with E-state index in [-0.39, 0.29) is 22.1 Å². The summed E-state index contributed by atoms with van der Waals surface area (Å²) in [5.74, 6) is -0.00573. The topological polar surface area (TPSA) is 26.3 Å². The molecule has 0 aliphatic carbocycles. The van der Waals surface area contributed by atoms with Crippen LogP contribution in [0.25, 0.3) is 0 Å². The van der Waals surface area contributed by atoms with Gasteiger partial charge in [0.25, 0.3) is 0 Å². The molecule has 0 radical (unpaired) electrons. The van der Waals surface area contributed by atoms with Gasteiger partial charge in [-0.1, -0.05) is 41.5 Å². The molecule has 0 bridgehead atoms. The van der Waals surface area contributed by atoms with Gasteiger partial charge in [0.2, 0.25) is 0 Å². The van der Waals surface area contributed by atoms with Crippen molar-refractivity contribution in [3.63, 3.8) is 0 Å². The summed E-state index contributed by atoms with van der Waals surface area (Å²) in [6, 6.07) is 0. The van der Waals surface area contributed by atoms with Crippen molar-refractivity contribution in [3.8, 4) is 0 Å². The van der Waals surface area contributed by atoms with Crippen molar-refractivity contribution in [1.29, 1.82) is 0 Å². The summed E-state index contributed by atoms with van der Waals surface area (Å²) in [6.45, 7) is 17.0. The maximum Gasteiger partial charge on any atom is 0.316 e. The molecular formula is C16H33O2P.